The van der Waals surface area contributed by atoms with E-state index in [1.54, 1.807) is 19.2 Å². The van der Waals surface area contributed by atoms with Gasteiger partial charge in [-0.15, -0.1) is 0 Å². The minimum atomic E-state index is -0.217. The van der Waals surface area contributed by atoms with E-state index >= 15 is 0 Å². The summed E-state index contributed by atoms with van der Waals surface area (Å²) in [6.45, 7) is 4.22. The number of halogens is 2. The second-order valence-corrected chi connectivity index (χ2v) is 7.55. The first kappa shape index (κ1) is 22.2. The standard InChI is InChI=1S/C21H25Cl2N3O2/c1-4-15-7-5-6-8-19(15)25-20(27)13-26(3)21(28)12-24-14(2)17-10-9-16(22)11-18(17)23/h5-11,14,24H,4,12-13H2,1-3H3,(H,25,27)/p+1/t14-/m1/s1. The lowest BCUT2D eigenvalue weighted by molar-refractivity contribution is -0.683. The number of benzene rings is 2. The molecule has 2 amide bonds. The summed E-state index contributed by atoms with van der Waals surface area (Å²) in [6, 6.07) is 13.0. The van der Waals surface area contributed by atoms with Gasteiger partial charge < -0.3 is 15.5 Å². The molecule has 0 radical (unpaired) electrons. The number of amides is 2. The van der Waals surface area contributed by atoms with Crippen molar-refractivity contribution in [1.82, 2.24) is 4.90 Å². The van der Waals surface area contributed by atoms with E-state index in [0.717, 1.165) is 23.2 Å². The first-order valence-corrected chi connectivity index (χ1v) is 9.97. The highest BCUT2D eigenvalue weighted by Gasteiger charge is 2.18. The number of quaternary nitrogens is 1. The number of aryl methyl sites for hydroxylation is 1. The number of nitrogens with one attached hydrogen (secondary N) is 1. The van der Waals surface area contributed by atoms with Gasteiger partial charge in [0.25, 0.3) is 5.91 Å². The molecule has 28 heavy (non-hydrogen) atoms. The van der Waals surface area contributed by atoms with Gasteiger partial charge in [-0.3, -0.25) is 9.59 Å². The zero-order valence-electron chi connectivity index (χ0n) is 16.3. The summed E-state index contributed by atoms with van der Waals surface area (Å²) in [5.41, 5.74) is 2.76. The Hall–Kier alpha value is -2.08. The lowest BCUT2D eigenvalue weighted by Crippen LogP contribution is -2.87. The number of hydrogen-bond donors (Lipinski definition) is 2. The normalized spacial score (nSPS) is 11.8. The number of carbonyl (C=O) groups excluding carboxylic acids is 2. The molecular weight excluding hydrogens is 397 g/mol. The predicted octanol–water partition coefficient (Wildman–Crippen LogP) is 3.28. The van der Waals surface area contributed by atoms with Gasteiger partial charge in [-0.1, -0.05) is 54.4 Å². The van der Waals surface area contributed by atoms with E-state index < -0.39 is 0 Å². The van der Waals surface area contributed by atoms with E-state index in [-0.39, 0.29) is 30.9 Å². The number of nitrogens with two attached hydrogens (primary N) is 1. The second-order valence-electron chi connectivity index (χ2n) is 6.70. The van der Waals surface area contributed by atoms with Crippen LogP contribution in [0, 0.1) is 0 Å². The minimum Gasteiger partial charge on any atom is -0.332 e. The zero-order chi connectivity index (χ0) is 20.7. The average molecular weight is 423 g/mol. The maximum atomic E-state index is 12.4. The summed E-state index contributed by atoms with van der Waals surface area (Å²) in [5.74, 6) is -0.346. The van der Waals surface area contributed by atoms with E-state index in [2.05, 4.69) is 5.32 Å². The third-order valence-electron chi connectivity index (χ3n) is 4.58. The Morgan fingerprint density at radius 1 is 1.18 bits per heavy atom. The van der Waals surface area contributed by atoms with Crippen molar-refractivity contribution in [3.05, 3.63) is 63.6 Å². The molecule has 2 rings (SSSR count). The van der Waals surface area contributed by atoms with Crippen molar-refractivity contribution in [3.8, 4) is 0 Å². The molecule has 3 N–H and O–H groups in total. The number of likely N-dealkylation sites (N-methyl/N-ethyl adjacent to an activating group) is 1. The summed E-state index contributed by atoms with van der Waals surface area (Å²) < 4.78 is 0. The van der Waals surface area contributed by atoms with Crippen LogP contribution in [0.3, 0.4) is 0 Å². The van der Waals surface area contributed by atoms with Crippen molar-refractivity contribution in [1.29, 1.82) is 0 Å². The molecule has 0 saturated heterocycles. The molecule has 0 aliphatic carbocycles. The highest BCUT2D eigenvalue weighted by molar-refractivity contribution is 6.35. The van der Waals surface area contributed by atoms with Gasteiger partial charge in [-0.25, -0.2) is 0 Å². The summed E-state index contributed by atoms with van der Waals surface area (Å²) in [7, 11) is 1.63. The lowest BCUT2D eigenvalue weighted by atomic mass is 10.1. The largest absolute Gasteiger partial charge is 0.332 e. The van der Waals surface area contributed by atoms with Crippen LogP contribution in [-0.4, -0.2) is 36.9 Å². The van der Waals surface area contributed by atoms with Gasteiger partial charge >= 0.3 is 0 Å². The highest BCUT2D eigenvalue weighted by Crippen LogP contribution is 2.24. The Labute approximate surface area is 176 Å². The number of para-hydroxylation sites is 1. The van der Waals surface area contributed by atoms with Gasteiger partial charge in [0.2, 0.25) is 5.91 Å². The van der Waals surface area contributed by atoms with Gasteiger partial charge in [0.05, 0.1) is 11.6 Å². The third kappa shape index (κ3) is 6.23. The Kier molecular flexibility index (Phi) is 8.30. The Morgan fingerprint density at radius 2 is 1.89 bits per heavy atom. The topological polar surface area (TPSA) is 66.0 Å². The SMILES string of the molecule is CCc1ccccc1NC(=O)CN(C)C(=O)C[NH2+][C@H](C)c1ccc(Cl)cc1Cl. The number of nitrogens with zero attached hydrogens (tertiary/aromatic N) is 1. The number of anilines is 1. The van der Waals surface area contributed by atoms with Gasteiger partial charge in [0.15, 0.2) is 6.54 Å². The van der Waals surface area contributed by atoms with Crippen molar-refractivity contribution in [2.75, 3.05) is 25.5 Å². The molecule has 150 valence electrons. The van der Waals surface area contributed by atoms with E-state index in [1.165, 1.54) is 4.90 Å². The van der Waals surface area contributed by atoms with Crippen molar-refractivity contribution < 1.29 is 14.9 Å². The molecule has 0 fully saturated rings. The molecule has 5 nitrogen and oxygen atoms in total. The van der Waals surface area contributed by atoms with Gasteiger partial charge in [0, 0.05) is 23.3 Å². The van der Waals surface area contributed by atoms with Crippen LogP contribution in [0.4, 0.5) is 5.69 Å². The Morgan fingerprint density at radius 3 is 2.57 bits per heavy atom. The number of carbonyl (C=O) groups is 2. The highest BCUT2D eigenvalue weighted by atomic mass is 35.5. The van der Waals surface area contributed by atoms with Crippen molar-refractivity contribution in [2.45, 2.75) is 26.3 Å². The van der Waals surface area contributed by atoms with E-state index in [9.17, 15) is 9.59 Å². The van der Waals surface area contributed by atoms with Crippen LogP contribution in [0.25, 0.3) is 0 Å². The van der Waals surface area contributed by atoms with Crippen LogP contribution >= 0.6 is 23.2 Å². The molecular formula is C21H26Cl2N3O2+. The molecule has 2 aromatic rings. The molecule has 7 heteroatoms. The summed E-state index contributed by atoms with van der Waals surface area (Å²) in [4.78, 5) is 26.1. The van der Waals surface area contributed by atoms with Gasteiger partial charge in [-0.2, -0.15) is 0 Å². The summed E-state index contributed by atoms with van der Waals surface area (Å²) in [6.07, 6.45) is 0.825. The third-order valence-corrected chi connectivity index (χ3v) is 5.14. The molecule has 0 spiro atoms. The van der Waals surface area contributed by atoms with Gasteiger partial charge in [0.1, 0.15) is 6.04 Å². The van der Waals surface area contributed by atoms with Crippen LogP contribution in [0.15, 0.2) is 42.5 Å². The maximum absolute atomic E-state index is 12.4. The summed E-state index contributed by atoms with van der Waals surface area (Å²) in [5, 5.41) is 5.92. The first-order chi connectivity index (χ1) is 13.3. The van der Waals surface area contributed by atoms with E-state index in [4.69, 9.17) is 23.2 Å². The quantitative estimate of drug-likeness (QED) is 0.685. The van der Waals surface area contributed by atoms with Crippen LogP contribution in [-0.2, 0) is 16.0 Å². The fourth-order valence-electron chi connectivity index (χ4n) is 2.88. The Balaban J connectivity index is 1.85. The molecule has 0 unspecified atom stereocenters. The minimum absolute atomic E-state index is 0.000798. The van der Waals surface area contributed by atoms with Crippen LogP contribution in [0.1, 0.15) is 31.0 Å². The molecule has 0 aliphatic rings. The van der Waals surface area contributed by atoms with Crippen molar-refractivity contribution in [2.24, 2.45) is 0 Å². The zero-order valence-corrected chi connectivity index (χ0v) is 17.8. The molecule has 0 aromatic heterocycles. The molecule has 1 atom stereocenters. The van der Waals surface area contributed by atoms with Crippen LogP contribution < -0.4 is 10.6 Å². The smallest absolute Gasteiger partial charge is 0.277 e. The second kappa shape index (κ2) is 10.5. The number of hydrogen-bond acceptors (Lipinski definition) is 2. The maximum Gasteiger partial charge on any atom is 0.277 e. The Bertz CT molecular complexity index is 842. The predicted molar refractivity (Wildman–Crippen MR) is 114 cm³/mol. The molecule has 0 bridgehead atoms. The van der Waals surface area contributed by atoms with Crippen molar-refractivity contribution >= 4 is 40.7 Å². The monoisotopic (exact) mass is 422 g/mol. The molecule has 0 saturated carbocycles. The fourth-order valence-corrected chi connectivity index (χ4v) is 3.46. The average Bonchev–Trinajstić information content (AvgIpc) is 2.66. The molecule has 0 heterocycles. The van der Waals surface area contributed by atoms with Crippen LogP contribution in [0.2, 0.25) is 10.0 Å². The fraction of sp³-hybridized carbons (Fsp3) is 0.333. The number of rotatable bonds is 8. The summed E-state index contributed by atoms with van der Waals surface area (Å²) >= 11 is 12.1. The first-order valence-electron chi connectivity index (χ1n) is 9.21. The van der Waals surface area contributed by atoms with E-state index in [1.807, 2.05) is 49.5 Å². The van der Waals surface area contributed by atoms with Crippen LogP contribution in [0.5, 0.6) is 0 Å². The van der Waals surface area contributed by atoms with E-state index in [0.29, 0.717) is 10.0 Å². The lowest BCUT2D eigenvalue weighted by Gasteiger charge is -2.18. The molecule has 0 aliphatic heterocycles. The molecule has 2 aromatic carbocycles. The van der Waals surface area contributed by atoms with Gasteiger partial charge in [-0.05, 0) is 37.1 Å². The van der Waals surface area contributed by atoms with Crippen molar-refractivity contribution in [3.63, 3.8) is 0 Å².